The molecule has 5 heteroatoms. The third-order valence-electron chi connectivity index (χ3n) is 2.57. The third kappa shape index (κ3) is 2.50. The first-order valence-electron chi connectivity index (χ1n) is 5.27. The highest BCUT2D eigenvalue weighted by molar-refractivity contribution is 7.09. The minimum Gasteiger partial charge on any atom is -0.397 e. The van der Waals surface area contributed by atoms with E-state index in [0.717, 1.165) is 0 Å². The number of nitrogens with two attached hydrogens (primary N) is 1. The van der Waals surface area contributed by atoms with E-state index in [0.29, 0.717) is 17.9 Å². The van der Waals surface area contributed by atoms with Gasteiger partial charge in [-0.2, -0.15) is 0 Å². The average Bonchev–Trinajstić information content (AvgIpc) is 2.87. The van der Waals surface area contributed by atoms with Gasteiger partial charge in [-0.15, -0.1) is 11.3 Å². The van der Waals surface area contributed by atoms with E-state index in [-0.39, 0.29) is 5.91 Å². The van der Waals surface area contributed by atoms with Gasteiger partial charge in [0.2, 0.25) is 0 Å². The van der Waals surface area contributed by atoms with E-state index in [4.69, 9.17) is 5.73 Å². The monoisotopic (exact) mass is 249 g/mol. The molecule has 0 saturated carbocycles. The van der Waals surface area contributed by atoms with Gasteiger partial charge < -0.3 is 15.2 Å². The smallest absolute Gasteiger partial charge is 0.270 e. The van der Waals surface area contributed by atoms with Crippen molar-refractivity contribution in [2.45, 2.75) is 6.54 Å². The topological polar surface area (TPSA) is 51.3 Å². The summed E-state index contributed by atoms with van der Waals surface area (Å²) >= 11 is 1.65. The molecular formula is C12H15N3OS. The van der Waals surface area contributed by atoms with Crippen LogP contribution in [0.2, 0.25) is 0 Å². The Kier molecular flexibility index (Phi) is 3.19. The number of carbonyl (C=O) groups excluding carboxylic acids is 1. The fraction of sp³-hybridized carbons (Fsp3) is 0.250. The molecule has 2 aromatic rings. The number of amides is 1. The summed E-state index contributed by atoms with van der Waals surface area (Å²) < 4.78 is 1.75. The summed E-state index contributed by atoms with van der Waals surface area (Å²) in [4.78, 5) is 15.0. The molecule has 2 rings (SSSR count). The summed E-state index contributed by atoms with van der Waals surface area (Å²) in [6.07, 6.45) is 1.74. The van der Waals surface area contributed by atoms with E-state index in [2.05, 4.69) is 0 Å². The molecule has 1 amide bonds. The van der Waals surface area contributed by atoms with Crippen LogP contribution in [0, 0.1) is 0 Å². The molecule has 2 N–H and O–H groups in total. The third-order valence-corrected chi connectivity index (χ3v) is 3.43. The number of nitrogen functional groups attached to an aromatic ring is 1. The van der Waals surface area contributed by atoms with Gasteiger partial charge in [-0.1, -0.05) is 6.07 Å². The molecule has 2 aromatic heterocycles. The second-order valence-electron chi connectivity index (χ2n) is 4.01. The van der Waals surface area contributed by atoms with Crippen molar-refractivity contribution in [1.29, 1.82) is 0 Å². The van der Waals surface area contributed by atoms with Crippen LogP contribution in [-0.2, 0) is 13.6 Å². The van der Waals surface area contributed by atoms with E-state index in [1.807, 2.05) is 24.6 Å². The van der Waals surface area contributed by atoms with Crippen LogP contribution in [0.1, 0.15) is 15.4 Å². The normalized spacial score (nSPS) is 10.5. The first-order valence-corrected chi connectivity index (χ1v) is 6.15. The van der Waals surface area contributed by atoms with Gasteiger partial charge in [0, 0.05) is 25.2 Å². The number of carbonyl (C=O) groups is 1. The highest BCUT2D eigenvalue weighted by atomic mass is 32.1. The number of nitrogens with zero attached hydrogens (tertiary/aromatic N) is 2. The SMILES string of the molecule is CN(Cc1cccs1)C(=O)c1cc(N)cn1C. The van der Waals surface area contributed by atoms with Crippen molar-refractivity contribution in [3.05, 3.63) is 40.3 Å². The van der Waals surface area contributed by atoms with Crippen molar-refractivity contribution < 1.29 is 4.79 Å². The van der Waals surface area contributed by atoms with Crippen LogP contribution in [0.25, 0.3) is 0 Å². The zero-order valence-corrected chi connectivity index (χ0v) is 10.7. The summed E-state index contributed by atoms with van der Waals surface area (Å²) in [6, 6.07) is 5.71. The Bertz CT molecular complexity index is 516. The predicted octanol–water partition coefficient (Wildman–Crippen LogP) is 1.94. The average molecular weight is 249 g/mol. The number of thiophene rings is 1. The summed E-state index contributed by atoms with van der Waals surface area (Å²) in [6.45, 7) is 0.627. The van der Waals surface area contributed by atoms with Crippen molar-refractivity contribution >= 4 is 22.9 Å². The Morgan fingerprint density at radius 1 is 1.59 bits per heavy atom. The van der Waals surface area contributed by atoms with Crippen molar-refractivity contribution in [1.82, 2.24) is 9.47 Å². The standard InChI is InChI=1S/C12H15N3OS/c1-14-7-9(13)6-11(14)12(16)15(2)8-10-4-3-5-17-10/h3-7H,8,13H2,1-2H3. The highest BCUT2D eigenvalue weighted by Crippen LogP contribution is 2.15. The molecule has 0 saturated heterocycles. The number of hydrogen-bond acceptors (Lipinski definition) is 3. The highest BCUT2D eigenvalue weighted by Gasteiger charge is 2.16. The summed E-state index contributed by atoms with van der Waals surface area (Å²) in [5.74, 6) is -0.0161. The fourth-order valence-electron chi connectivity index (χ4n) is 1.71. The van der Waals surface area contributed by atoms with E-state index in [1.54, 1.807) is 40.1 Å². The van der Waals surface area contributed by atoms with Crippen molar-refractivity contribution in [3.63, 3.8) is 0 Å². The maximum Gasteiger partial charge on any atom is 0.270 e. The summed E-state index contributed by atoms with van der Waals surface area (Å²) in [5, 5.41) is 2.01. The number of anilines is 1. The van der Waals surface area contributed by atoms with E-state index < -0.39 is 0 Å². The van der Waals surface area contributed by atoms with Crippen LogP contribution in [0.4, 0.5) is 5.69 Å². The van der Waals surface area contributed by atoms with Crippen molar-refractivity contribution in [3.8, 4) is 0 Å². The van der Waals surface area contributed by atoms with Crippen LogP contribution < -0.4 is 5.73 Å². The Labute approximate surface area is 104 Å². The molecule has 0 bridgehead atoms. The van der Waals surface area contributed by atoms with Crippen LogP contribution in [-0.4, -0.2) is 22.4 Å². The van der Waals surface area contributed by atoms with Crippen LogP contribution in [0.3, 0.4) is 0 Å². The van der Waals surface area contributed by atoms with Crippen LogP contribution >= 0.6 is 11.3 Å². The largest absolute Gasteiger partial charge is 0.397 e. The van der Waals surface area contributed by atoms with Gasteiger partial charge in [0.25, 0.3) is 5.91 Å². The molecular weight excluding hydrogens is 234 g/mol. The minimum atomic E-state index is -0.0161. The molecule has 0 unspecified atom stereocenters. The lowest BCUT2D eigenvalue weighted by atomic mass is 10.3. The Morgan fingerprint density at radius 3 is 2.88 bits per heavy atom. The molecule has 0 radical (unpaired) electrons. The second-order valence-corrected chi connectivity index (χ2v) is 5.04. The summed E-state index contributed by atoms with van der Waals surface area (Å²) in [5.41, 5.74) is 6.89. The molecule has 0 aromatic carbocycles. The van der Waals surface area contributed by atoms with E-state index in [1.165, 1.54) is 4.88 Å². The van der Waals surface area contributed by atoms with Gasteiger partial charge in [0.1, 0.15) is 5.69 Å². The number of rotatable bonds is 3. The Morgan fingerprint density at radius 2 is 2.35 bits per heavy atom. The zero-order chi connectivity index (χ0) is 12.4. The van der Waals surface area contributed by atoms with Gasteiger partial charge in [-0.3, -0.25) is 4.79 Å². The van der Waals surface area contributed by atoms with Gasteiger partial charge in [-0.25, -0.2) is 0 Å². The maximum absolute atomic E-state index is 12.2. The molecule has 0 fully saturated rings. The maximum atomic E-state index is 12.2. The van der Waals surface area contributed by atoms with E-state index >= 15 is 0 Å². The molecule has 0 atom stereocenters. The first-order chi connectivity index (χ1) is 8.08. The molecule has 2 heterocycles. The lowest BCUT2D eigenvalue weighted by molar-refractivity contribution is 0.0777. The van der Waals surface area contributed by atoms with Crippen molar-refractivity contribution in [2.24, 2.45) is 7.05 Å². The lowest BCUT2D eigenvalue weighted by Crippen LogP contribution is -2.27. The molecule has 0 aliphatic rings. The predicted molar refractivity (Wildman–Crippen MR) is 69.9 cm³/mol. The summed E-state index contributed by atoms with van der Waals surface area (Å²) in [7, 11) is 3.62. The molecule has 0 aliphatic carbocycles. The number of aryl methyl sites for hydroxylation is 1. The van der Waals surface area contributed by atoms with Crippen molar-refractivity contribution in [2.75, 3.05) is 12.8 Å². The molecule has 17 heavy (non-hydrogen) atoms. The van der Waals surface area contributed by atoms with Crippen LogP contribution in [0.15, 0.2) is 29.8 Å². The van der Waals surface area contributed by atoms with Gasteiger partial charge in [-0.05, 0) is 17.5 Å². The first kappa shape index (κ1) is 11.7. The number of aromatic nitrogens is 1. The van der Waals surface area contributed by atoms with Gasteiger partial charge >= 0.3 is 0 Å². The fourth-order valence-corrected chi connectivity index (χ4v) is 2.46. The lowest BCUT2D eigenvalue weighted by Gasteiger charge is -2.16. The zero-order valence-electron chi connectivity index (χ0n) is 9.88. The quantitative estimate of drug-likeness (QED) is 0.903. The Hall–Kier alpha value is -1.75. The van der Waals surface area contributed by atoms with Gasteiger partial charge in [0.15, 0.2) is 0 Å². The molecule has 0 spiro atoms. The molecule has 90 valence electrons. The molecule has 0 aliphatic heterocycles. The second kappa shape index (κ2) is 4.63. The molecule has 4 nitrogen and oxygen atoms in total. The minimum absolute atomic E-state index is 0.0161. The number of hydrogen-bond donors (Lipinski definition) is 1. The Balaban J connectivity index is 2.12. The van der Waals surface area contributed by atoms with E-state index in [9.17, 15) is 4.79 Å². The van der Waals surface area contributed by atoms with Crippen LogP contribution in [0.5, 0.6) is 0 Å². The van der Waals surface area contributed by atoms with Gasteiger partial charge in [0.05, 0.1) is 12.2 Å².